The number of benzene rings is 1. The van der Waals surface area contributed by atoms with Crippen LogP contribution in [-0.4, -0.2) is 10.8 Å². The van der Waals surface area contributed by atoms with Crippen LogP contribution in [0, 0.1) is 20.8 Å². The van der Waals surface area contributed by atoms with Gasteiger partial charge >= 0.3 is 0 Å². The van der Waals surface area contributed by atoms with Gasteiger partial charge in [-0.3, -0.25) is 4.79 Å². The lowest BCUT2D eigenvalue weighted by Crippen LogP contribution is -2.06. The zero-order valence-electron chi connectivity index (χ0n) is 11.0. The van der Waals surface area contributed by atoms with Crippen molar-refractivity contribution in [3.05, 3.63) is 51.0 Å². The Bertz CT molecular complexity index is 535. The summed E-state index contributed by atoms with van der Waals surface area (Å²) < 4.78 is 0. The van der Waals surface area contributed by atoms with Gasteiger partial charge in [0.05, 0.1) is 12.1 Å². The second kappa shape index (κ2) is 5.44. The quantitative estimate of drug-likeness (QED) is 0.842. The van der Waals surface area contributed by atoms with E-state index in [1.54, 1.807) is 11.3 Å². The molecule has 3 heteroatoms. The fraction of sp³-hybridized carbons (Fsp3) is 0.333. The normalized spacial score (nSPS) is 10.6. The zero-order chi connectivity index (χ0) is 13.1. The molecule has 0 unspecified atom stereocenters. The van der Waals surface area contributed by atoms with Crippen molar-refractivity contribution in [2.45, 2.75) is 33.6 Å². The van der Waals surface area contributed by atoms with Gasteiger partial charge in [0, 0.05) is 11.3 Å². The number of aryl methyl sites for hydroxylation is 3. The van der Waals surface area contributed by atoms with Crippen LogP contribution in [0.2, 0.25) is 0 Å². The van der Waals surface area contributed by atoms with Crippen molar-refractivity contribution >= 4 is 17.1 Å². The summed E-state index contributed by atoms with van der Waals surface area (Å²) in [5.74, 6) is 0.229. The average molecular weight is 259 g/mol. The summed E-state index contributed by atoms with van der Waals surface area (Å²) in [5.41, 5.74) is 3.34. The fourth-order valence-corrected chi connectivity index (χ4v) is 2.74. The molecule has 1 aromatic carbocycles. The first kappa shape index (κ1) is 13.0. The van der Waals surface area contributed by atoms with Gasteiger partial charge in [0.25, 0.3) is 0 Å². The lowest BCUT2D eigenvalue weighted by molar-refractivity contribution is -0.117. The highest BCUT2D eigenvalue weighted by atomic mass is 32.1. The standard InChI is InChI=1S/C15H17NOS/c1-10-4-6-13(7-5-10)8-14(17)9-15-16-11(2)12(3)18-15/h4-7H,8-9H2,1-3H3. The van der Waals surface area contributed by atoms with Gasteiger partial charge in [0.1, 0.15) is 10.8 Å². The average Bonchev–Trinajstić information content (AvgIpc) is 2.61. The lowest BCUT2D eigenvalue weighted by Gasteiger charge is -2.00. The van der Waals surface area contributed by atoms with Crippen LogP contribution in [0.25, 0.3) is 0 Å². The SMILES string of the molecule is Cc1ccc(CC(=O)Cc2nc(C)c(C)s2)cc1. The van der Waals surface area contributed by atoms with Crippen molar-refractivity contribution in [1.82, 2.24) is 4.98 Å². The Morgan fingerprint density at radius 3 is 2.33 bits per heavy atom. The first-order valence-electron chi connectivity index (χ1n) is 6.05. The van der Waals surface area contributed by atoms with E-state index in [2.05, 4.69) is 4.98 Å². The van der Waals surface area contributed by atoms with Crippen LogP contribution in [0.1, 0.15) is 26.7 Å². The van der Waals surface area contributed by atoms with E-state index in [1.165, 1.54) is 10.4 Å². The number of thiazole rings is 1. The van der Waals surface area contributed by atoms with Gasteiger partial charge in [-0.15, -0.1) is 11.3 Å². The smallest absolute Gasteiger partial charge is 0.144 e. The van der Waals surface area contributed by atoms with Crippen molar-refractivity contribution < 1.29 is 4.79 Å². The van der Waals surface area contributed by atoms with E-state index in [-0.39, 0.29) is 5.78 Å². The Morgan fingerprint density at radius 2 is 1.78 bits per heavy atom. The molecule has 2 nitrogen and oxygen atoms in total. The van der Waals surface area contributed by atoms with Gasteiger partial charge in [-0.05, 0) is 26.3 Å². The summed E-state index contributed by atoms with van der Waals surface area (Å²) in [7, 11) is 0. The molecule has 0 amide bonds. The van der Waals surface area contributed by atoms with E-state index >= 15 is 0 Å². The molecule has 0 spiro atoms. The van der Waals surface area contributed by atoms with Gasteiger partial charge < -0.3 is 0 Å². The van der Waals surface area contributed by atoms with E-state index in [1.807, 2.05) is 45.0 Å². The number of nitrogens with zero attached hydrogens (tertiary/aromatic N) is 1. The molecule has 0 atom stereocenters. The molecular formula is C15H17NOS. The van der Waals surface area contributed by atoms with Gasteiger partial charge in [-0.2, -0.15) is 0 Å². The Morgan fingerprint density at radius 1 is 1.11 bits per heavy atom. The van der Waals surface area contributed by atoms with Crippen LogP contribution in [0.5, 0.6) is 0 Å². The molecule has 2 rings (SSSR count). The van der Waals surface area contributed by atoms with Gasteiger partial charge in [0.15, 0.2) is 0 Å². The molecule has 0 saturated carbocycles. The largest absolute Gasteiger partial charge is 0.299 e. The van der Waals surface area contributed by atoms with Crippen LogP contribution in [0.4, 0.5) is 0 Å². The monoisotopic (exact) mass is 259 g/mol. The van der Waals surface area contributed by atoms with Crippen LogP contribution in [0.3, 0.4) is 0 Å². The topological polar surface area (TPSA) is 30.0 Å². The Labute approximate surface area is 112 Å². The molecule has 0 N–H and O–H groups in total. The molecule has 18 heavy (non-hydrogen) atoms. The van der Waals surface area contributed by atoms with Crippen molar-refractivity contribution in [2.75, 3.05) is 0 Å². The molecule has 2 aromatic rings. The zero-order valence-corrected chi connectivity index (χ0v) is 11.8. The van der Waals surface area contributed by atoms with Crippen molar-refractivity contribution in [1.29, 1.82) is 0 Å². The van der Waals surface area contributed by atoms with Crippen molar-refractivity contribution in [2.24, 2.45) is 0 Å². The highest BCUT2D eigenvalue weighted by Crippen LogP contribution is 2.17. The molecule has 0 saturated heterocycles. The molecule has 0 radical (unpaired) electrons. The Kier molecular flexibility index (Phi) is 3.92. The van der Waals surface area contributed by atoms with E-state index < -0.39 is 0 Å². The van der Waals surface area contributed by atoms with E-state index in [0.29, 0.717) is 12.8 Å². The summed E-state index contributed by atoms with van der Waals surface area (Å²) in [6.07, 6.45) is 0.950. The maximum Gasteiger partial charge on any atom is 0.144 e. The summed E-state index contributed by atoms with van der Waals surface area (Å²) in [4.78, 5) is 17.6. The number of hydrogen-bond acceptors (Lipinski definition) is 3. The minimum absolute atomic E-state index is 0.229. The maximum absolute atomic E-state index is 12.0. The van der Waals surface area contributed by atoms with E-state index in [0.717, 1.165) is 16.3 Å². The van der Waals surface area contributed by atoms with Crippen molar-refractivity contribution in [3.8, 4) is 0 Å². The summed E-state index contributed by atoms with van der Waals surface area (Å²) in [5, 5.41) is 0.933. The number of aromatic nitrogens is 1. The predicted octanol–water partition coefficient (Wildman–Crippen LogP) is 3.42. The first-order chi connectivity index (χ1) is 8.54. The Balaban J connectivity index is 1.98. The molecule has 0 aliphatic carbocycles. The highest BCUT2D eigenvalue weighted by molar-refractivity contribution is 7.11. The molecule has 1 heterocycles. The number of rotatable bonds is 4. The number of carbonyl (C=O) groups is 1. The third-order valence-electron chi connectivity index (χ3n) is 2.94. The summed E-state index contributed by atoms with van der Waals surface area (Å²) >= 11 is 1.62. The lowest BCUT2D eigenvalue weighted by atomic mass is 10.1. The third kappa shape index (κ3) is 3.26. The molecule has 0 bridgehead atoms. The van der Waals surface area contributed by atoms with E-state index in [4.69, 9.17) is 0 Å². The summed E-state index contributed by atoms with van der Waals surface area (Å²) in [6, 6.07) is 8.12. The molecule has 94 valence electrons. The summed E-state index contributed by atoms with van der Waals surface area (Å²) in [6.45, 7) is 6.08. The third-order valence-corrected chi connectivity index (χ3v) is 4.02. The van der Waals surface area contributed by atoms with Crippen LogP contribution in [-0.2, 0) is 17.6 Å². The Hall–Kier alpha value is -1.48. The van der Waals surface area contributed by atoms with Crippen LogP contribution < -0.4 is 0 Å². The molecule has 0 fully saturated rings. The second-order valence-corrected chi connectivity index (χ2v) is 5.91. The molecule has 0 aliphatic heterocycles. The maximum atomic E-state index is 12.0. The van der Waals surface area contributed by atoms with E-state index in [9.17, 15) is 4.79 Å². The van der Waals surface area contributed by atoms with Crippen LogP contribution in [0.15, 0.2) is 24.3 Å². The van der Waals surface area contributed by atoms with Gasteiger partial charge in [-0.25, -0.2) is 4.98 Å². The van der Waals surface area contributed by atoms with Gasteiger partial charge in [0.2, 0.25) is 0 Å². The van der Waals surface area contributed by atoms with Crippen LogP contribution >= 0.6 is 11.3 Å². The van der Waals surface area contributed by atoms with Gasteiger partial charge in [-0.1, -0.05) is 29.8 Å². The molecular weight excluding hydrogens is 242 g/mol. The number of hydrogen-bond donors (Lipinski definition) is 0. The highest BCUT2D eigenvalue weighted by Gasteiger charge is 2.09. The number of Topliss-reactive ketones (excluding diaryl/α,β-unsaturated/α-hetero) is 1. The molecule has 1 aromatic heterocycles. The predicted molar refractivity (Wildman–Crippen MR) is 75.2 cm³/mol. The minimum atomic E-state index is 0.229. The fourth-order valence-electron chi connectivity index (χ4n) is 1.78. The number of ketones is 1. The molecule has 0 aliphatic rings. The minimum Gasteiger partial charge on any atom is -0.299 e. The first-order valence-corrected chi connectivity index (χ1v) is 6.86. The number of carbonyl (C=O) groups excluding carboxylic acids is 1. The second-order valence-electron chi connectivity index (χ2n) is 4.63. The van der Waals surface area contributed by atoms with Crippen molar-refractivity contribution in [3.63, 3.8) is 0 Å².